The van der Waals surface area contributed by atoms with E-state index >= 15 is 0 Å². The Morgan fingerprint density at radius 2 is 2.19 bits per heavy atom. The van der Waals surface area contributed by atoms with Gasteiger partial charge in [0.2, 0.25) is 0 Å². The second-order valence-corrected chi connectivity index (χ2v) is 4.90. The molecule has 1 unspecified atom stereocenters. The van der Waals surface area contributed by atoms with Gasteiger partial charge in [-0.2, -0.15) is 0 Å². The van der Waals surface area contributed by atoms with Crippen molar-refractivity contribution in [3.05, 3.63) is 34.3 Å². The van der Waals surface area contributed by atoms with E-state index in [1.54, 1.807) is 6.92 Å². The van der Waals surface area contributed by atoms with Crippen LogP contribution in [0.15, 0.2) is 28.7 Å². The monoisotopic (exact) mass is 280 g/mol. The summed E-state index contributed by atoms with van der Waals surface area (Å²) in [7, 11) is 0. The van der Waals surface area contributed by atoms with Crippen LogP contribution in [0.3, 0.4) is 0 Å². The van der Waals surface area contributed by atoms with Gasteiger partial charge in [-0.1, -0.05) is 53.2 Å². The molecule has 0 spiro atoms. The van der Waals surface area contributed by atoms with Crippen molar-refractivity contribution in [2.24, 2.45) is 0 Å². The van der Waals surface area contributed by atoms with Gasteiger partial charge in [0.15, 0.2) is 0 Å². The van der Waals surface area contributed by atoms with Crippen molar-refractivity contribution in [2.45, 2.75) is 38.7 Å². The number of hydrogen-bond acceptors (Lipinski definition) is 1. The predicted molar refractivity (Wildman–Crippen MR) is 71.0 cm³/mol. The first kappa shape index (κ1) is 13.3. The lowest BCUT2D eigenvalue weighted by atomic mass is 9.96. The summed E-state index contributed by atoms with van der Waals surface area (Å²) in [5, 5.41) is 10.2. The first-order valence-corrected chi connectivity index (χ1v) is 6.34. The SMILES string of the molecule is CCCCC#CC(C)(O)c1cccc(Br)c1. The van der Waals surface area contributed by atoms with Gasteiger partial charge < -0.3 is 5.11 Å². The summed E-state index contributed by atoms with van der Waals surface area (Å²) in [6, 6.07) is 7.62. The average molecular weight is 281 g/mol. The molecule has 0 radical (unpaired) electrons. The molecular formula is C14H17BrO. The van der Waals surface area contributed by atoms with E-state index in [1.165, 1.54) is 0 Å². The molecule has 0 aromatic heterocycles. The van der Waals surface area contributed by atoms with Gasteiger partial charge in [-0.05, 0) is 31.0 Å². The largest absolute Gasteiger partial charge is 0.374 e. The van der Waals surface area contributed by atoms with Crippen LogP contribution in [0.25, 0.3) is 0 Å². The molecular weight excluding hydrogens is 264 g/mol. The van der Waals surface area contributed by atoms with E-state index in [4.69, 9.17) is 0 Å². The molecule has 0 aliphatic carbocycles. The molecule has 0 amide bonds. The second-order valence-electron chi connectivity index (χ2n) is 3.99. The minimum Gasteiger partial charge on any atom is -0.374 e. The number of hydrogen-bond donors (Lipinski definition) is 1. The maximum Gasteiger partial charge on any atom is 0.148 e. The van der Waals surface area contributed by atoms with Crippen molar-refractivity contribution in [2.75, 3.05) is 0 Å². The lowest BCUT2D eigenvalue weighted by Gasteiger charge is -2.17. The van der Waals surface area contributed by atoms with Crippen molar-refractivity contribution in [1.82, 2.24) is 0 Å². The van der Waals surface area contributed by atoms with E-state index in [0.717, 1.165) is 29.3 Å². The molecule has 16 heavy (non-hydrogen) atoms. The van der Waals surface area contributed by atoms with Crippen LogP contribution in [0.1, 0.15) is 38.7 Å². The third-order valence-corrected chi connectivity index (χ3v) is 2.87. The number of rotatable bonds is 3. The molecule has 0 heterocycles. The number of benzene rings is 1. The van der Waals surface area contributed by atoms with E-state index in [9.17, 15) is 5.11 Å². The lowest BCUT2D eigenvalue weighted by Crippen LogP contribution is -2.18. The summed E-state index contributed by atoms with van der Waals surface area (Å²) in [5.41, 5.74) is -0.233. The predicted octanol–water partition coefficient (Wildman–Crippen LogP) is 3.85. The summed E-state index contributed by atoms with van der Waals surface area (Å²) in [5.74, 6) is 5.95. The Hall–Kier alpha value is -0.780. The molecule has 0 saturated carbocycles. The van der Waals surface area contributed by atoms with Gasteiger partial charge in [-0.3, -0.25) is 0 Å². The summed E-state index contributed by atoms with van der Waals surface area (Å²) in [6.07, 6.45) is 3.07. The quantitative estimate of drug-likeness (QED) is 0.659. The van der Waals surface area contributed by atoms with Gasteiger partial charge >= 0.3 is 0 Å². The summed E-state index contributed by atoms with van der Waals surface area (Å²) in [6.45, 7) is 3.86. The third-order valence-electron chi connectivity index (χ3n) is 2.37. The van der Waals surface area contributed by atoms with E-state index < -0.39 is 5.60 Å². The van der Waals surface area contributed by atoms with E-state index in [-0.39, 0.29) is 0 Å². The van der Waals surface area contributed by atoms with Crippen LogP contribution in [0.4, 0.5) is 0 Å². The Morgan fingerprint density at radius 3 is 2.81 bits per heavy atom. The standard InChI is InChI=1S/C14H17BrO/c1-3-4-5-6-10-14(2,16)12-8-7-9-13(15)11-12/h7-9,11,16H,3-5H2,1-2H3. The maximum atomic E-state index is 10.2. The Balaban J connectivity index is 2.79. The van der Waals surface area contributed by atoms with Crippen molar-refractivity contribution in [3.8, 4) is 11.8 Å². The van der Waals surface area contributed by atoms with Gasteiger partial charge in [0.05, 0.1) is 0 Å². The summed E-state index contributed by atoms with van der Waals surface area (Å²) >= 11 is 3.39. The highest BCUT2D eigenvalue weighted by Crippen LogP contribution is 2.22. The lowest BCUT2D eigenvalue weighted by molar-refractivity contribution is 0.122. The minimum absolute atomic E-state index is 0.825. The van der Waals surface area contributed by atoms with Crippen molar-refractivity contribution in [1.29, 1.82) is 0 Å². The van der Waals surface area contributed by atoms with E-state index in [2.05, 4.69) is 34.7 Å². The molecule has 1 N–H and O–H groups in total. The topological polar surface area (TPSA) is 20.2 Å². The van der Waals surface area contributed by atoms with Gasteiger partial charge in [0.25, 0.3) is 0 Å². The van der Waals surface area contributed by atoms with Gasteiger partial charge in [-0.15, -0.1) is 0 Å². The van der Waals surface area contributed by atoms with Crippen LogP contribution in [0.2, 0.25) is 0 Å². The number of unbranched alkanes of at least 4 members (excludes halogenated alkanes) is 2. The zero-order valence-corrected chi connectivity index (χ0v) is 11.3. The Labute approximate surface area is 106 Å². The zero-order chi connectivity index (χ0) is 12.0. The average Bonchev–Trinajstić information content (AvgIpc) is 2.24. The van der Waals surface area contributed by atoms with Crippen LogP contribution in [-0.2, 0) is 5.60 Å². The fraction of sp³-hybridized carbons (Fsp3) is 0.429. The van der Waals surface area contributed by atoms with Crippen molar-refractivity contribution < 1.29 is 5.11 Å². The third kappa shape index (κ3) is 4.00. The molecule has 2 heteroatoms. The van der Waals surface area contributed by atoms with Crippen LogP contribution >= 0.6 is 15.9 Å². The van der Waals surface area contributed by atoms with E-state index in [1.807, 2.05) is 24.3 Å². The molecule has 0 aliphatic rings. The molecule has 0 saturated heterocycles. The highest BCUT2D eigenvalue weighted by Gasteiger charge is 2.19. The van der Waals surface area contributed by atoms with Gasteiger partial charge in [0.1, 0.15) is 5.60 Å². The normalized spacial score (nSPS) is 13.8. The molecule has 1 nitrogen and oxygen atoms in total. The molecule has 1 rings (SSSR count). The second kappa shape index (κ2) is 6.08. The van der Waals surface area contributed by atoms with Crippen LogP contribution in [0, 0.1) is 11.8 Å². The van der Waals surface area contributed by atoms with Crippen LogP contribution in [0.5, 0.6) is 0 Å². The van der Waals surface area contributed by atoms with Gasteiger partial charge in [0, 0.05) is 10.9 Å². The zero-order valence-electron chi connectivity index (χ0n) is 9.76. The smallest absolute Gasteiger partial charge is 0.148 e. The molecule has 0 bridgehead atoms. The Bertz CT molecular complexity index is 399. The number of halogens is 1. The number of aliphatic hydroxyl groups is 1. The Morgan fingerprint density at radius 1 is 1.44 bits per heavy atom. The maximum absolute atomic E-state index is 10.2. The van der Waals surface area contributed by atoms with Crippen LogP contribution in [-0.4, -0.2) is 5.11 Å². The van der Waals surface area contributed by atoms with Crippen molar-refractivity contribution in [3.63, 3.8) is 0 Å². The highest BCUT2D eigenvalue weighted by molar-refractivity contribution is 9.10. The van der Waals surface area contributed by atoms with Gasteiger partial charge in [-0.25, -0.2) is 0 Å². The minimum atomic E-state index is -1.06. The molecule has 0 fully saturated rings. The first-order valence-electron chi connectivity index (χ1n) is 5.54. The highest BCUT2D eigenvalue weighted by atomic mass is 79.9. The first-order chi connectivity index (χ1) is 7.56. The van der Waals surface area contributed by atoms with E-state index in [0.29, 0.717) is 0 Å². The molecule has 1 aromatic rings. The molecule has 1 aromatic carbocycles. The summed E-state index contributed by atoms with van der Waals surface area (Å²) < 4.78 is 0.959. The fourth-order valence-electron chi connectivity index (χ4n) is 1.36. The fourth-order valence-corrected chi connectivity index (χ4v) is 1.76. The molecule has 0 aliphatic heterocycles. The molecule has 86 valence electrons. The Kier molecular flexibility index (Phi) is 5.05. The van der Waals surface area contributed by atoms with Crippen LogP contribution < -0.4 is 0 Å². The van der Waals surface area contributed by atoms with Crippen molar-refractivity contribution >= 4 is 15.9 Å². The summed E-state index contributed by atoms with van der Waals surface area (Å²) in [4.78, 5) is 0. The molecule has 1 atom stereocenters.